The van der Waals surface area contributed by atoms with E-state index in [-0.39, 0.29) is 0 Å². The van der Waals surface area contributed by atoms with Gasteiger partial charge in [-0.25, -0.2) is 0 Å². The second kappa shape index (κ2) is 5.44. The Morgan fingerprint density at radius 2 is 2.17 bits per heavy atom. The van der Waals surface area contributed by atoms with Crippen molar-refractivity contribution in [2.24, 2.45) is 7.05 Å². The maximum atomic E-state index is 6.11. The molecular formula is C14H18ClN3. The monoisotopic (exact) mass is 263 g/mol. The minimum Gasteiger partial charge on any atom is -0.383 e. The maximum Gasteiger partial charge on any atom is 0.129 e. The van der Waals surface area contributed by atoms with E-state index in [1.807, 2.05) is 31.3 Å². The molecule has 2 N–H and O–H groups in total. The molecule has 0 saturated carbocycles. The third kappa shape index (κ3) is 2.51. The fourth-order valence-electron chi connectivity index (χ4n) is 2.07. The summed E-state index contributed by atoms with van der Waals surface area (Å²) in [5, 5.41) is 5.22. The van der Waals surface area contributed by atoms with Crippen molar-refractivity contribution >= 4 is 17.4 Å². The molecule has 0 spiro atoms. The Bertz CT molecular complexity index is 546. The lowest BCUT2D eigenvalue weighted by Gasteiger charge is -2.04. The van der Waals surface area contributed by atoms with Gasteiger partial charge in [-0.15, -0.1) is 0 Å². The number of nitrogens with two attached hydrogens (primary N) is 1. The Morgan fingerprint density at radius 3 is 2.83 bits per heavy atom. The molecule has 0 aliphatic heterocycles. The average molecular weight is 264 g/mol. The average Bonchev–Trinajstić information content (AvgIpc) is 2.62. The van der Waals surface area contributed by atoms with Crippen LogP contribution in [0.25, 0.3) is 11.1 Å². The smallest absolute Gasteiger partial charge is 0.129 e. The second-order valence-corrected chi connectivity index (χ2v) is 4.88. The highest BCUT2D eigenvalue weighted by Gasteiger charge is 2.15. The van der Waals surface area contributed by atoms with Gasteiger partial charge in [0.1, 0.15) is 5.82 Å². The summed E-state index contributed by atoms with van der Waals surface area (Å²) in [6.07, 6.45) is 3.21. The molecule has 0 aliphatic carbocycles. The van der Waals surface area contributed by atoms with Crippen LogP contribution in [-0.2, 0) is 13.5 Å². The highest BCUT2D eigenvalue weighted by atomic mass is 35.5. The third-order valence-corrected chi connectivity index (χ3v) is 3.28. The van der Waals surface area contributed by atoms with E-state index in [2.05, 4.69) is 12.0 Å². The first-order valence-electron chi connectivity index (χ1n) is 6.20. The van der Waals surface area contributed by atoms with Gasteiger partial charge < -0.3 is 5.73 Å². The predicted octanol–water partition coefficient (Wildman–Crippen LogP) is 3.67. The molecule has 18 heavy (non-hydrogen) atoms. The van der Waals surface area contributed by atoms with Gasteiger partial charge in [-0.2, -0.15) is 5.10 Å². The van der Waals surface area contributed by atoms with Gasteiger partial charge in [0.05, 0.1) is 5.69 Å². The first-order valence-corrected chi connectivity index (χ1v) is 6.58. The maximum absolute atomic E-state index is 6.11. The fourth-order valence-corrected chi connectivity index (χ4v) is 2.26. The number of halogens is 1. The molecule has 0 amide bonds. The molecule has 0 unspecified atom stereocenters. The van der Waals surface area contributed by atoms with Crippen molar-refractivity contribution in [2.45, 2.75) is 26.2 Å². The van der Waals surface area contributed by atoms with Gasteiger partial charge in [-0.05, 0) is 30.5 Å². The molecule has 2 rings (SSSR count). The van der Waals surface area contributed by atoms with E-state index in [0.29, 0.717) is 5.82 Å². The van der Waals surface area contributed by atoms with Gasteiger partial charge in [0, 0.05) is 17.6 Å². The van der Waals surface area contributed by atoms with Gasteiger partial charge in [0.25, 0.3) is 0 Å². The molecule has 1 aromatic heterocycles. The van der Waals surface area contributed by atoms with Crippen LogP contribution in [0.3, 0.4) is 0 Å². The minimum atomic E-state index is 0.698. The number of aromatic nitrogens is 2. The molecule has 0 bridgehead atoms. The standard InChI is InChI=1S/C14H18ClN3/c1-3-4-8-12-13(14(16)18(2)17-12)10-6-5-7-11(15)9-10/h5-7,9H,3-4,8,16H2,1-2H3. The fraction of sp³-hybridized carbons (Fsp3) is 0.357. The van der Waals surface area contributed by atoms with Crippen molar-refractivity contribution in [1.82, 2.24) is 9.78 Å². The molecule has 0 radical (unpaired) electrons. The van der Waals surface area contributed by atoms with E-state index in [1.54, 1.807) is 4.68 Å². The summed E-state index contributed by atoms with van der Waals surface area (Å²) >= 11 is 6.04. The van der Waals surface area contributed by atoms with Crippen molar-refractivity contribution in [3.8, 4) is 11.1 Å². The summed E-state index contributed by atoms with van der Waals surface area (Å²) in [5.41, 5.74) is 9.23. The molecule has 1 heterocycles. The minimum absolute atomic E-state index is 0.698. The molecule has 96 valence electrons. The molecular weight excluding hydrogens is 246 g/mol. The van der Waals surface area contributed by atoms with Crippen molar-refractivity contribution in [3.63, 3.8) is 0 Å². The lowest BCUT2D eigenvalue weighted by Crippen LogP contribution is -1.98. The largest absolute Gasteiger partial charge is 0.383 e. The van der Waals surface area contributed by atoms with Gasteiger partial charge in [0.15, 0.2) is 0 Å². The van der Waals surface area contributed by atoms with Crippen LogP contribution in [0.5, 0.6) is 0 Å². The topological polar surface area (TPSA) is 43.8 Å². The zero-order valence-electron chi connectivity index (χ0n) is 10.8. The Hall–Kier alpha value is -1.48. The molecule has 2 aromatic rings. The normalized spacial score (nSPS) is 10.8. The van der Waals surface area contributed by atoms with Crippen LogP contribution in [0.2, 0.25) is 5.02 Å². The zero-order valence-corrected chi connectivity index (χ0v) is 11.5. The molecule has 0 atom stereocenters. The molecule has 4 heteroatoms. The highest BCUT2D eigenvalue weighted by Crippen LogP contribution is 2.31. The number of anilines is 1. The zero-order chi connectivity index (χ0) is 13.1. The van der Waals surface area contributed by atoms with Crippen LogP contribution in [0.15, 0.2) is 24.3 Å². The Kier molecular flexibility index (Phi) is 3.92. The number of nitrogens with zero attached hydrogens (tertiary/aromatic N) is 2. The predicted molar refractivity (Wildman–Crippen MR) is 76.7 cm³/mol. The lowest BCUT2D eigenvalue weighted by molar-refractivity contribution is 0.718. The number of hydrogen-bond acceptors (Lipinski definition) is 2. The first kappa shape index (κ1) is 13.0. The summed E-state index contributed by atoms with van der Waals surface area (Å²) in [5.74, 6) is 0.698. The number of benzene rings is 1. The van der Waals surface area contributed by atoms with Gasteiger partial charge in [-0.1, -0.05) is 37.1 Å². The van der Waals surface area contributed by atoms with Crippen LogP contribution >= 0.6 is 11.6 Å². The van der Waals surface area contributed by atoms with Gasteiger partial charge in [-0.3, -0.25) is 4.68 Å². The summed E-state index contributed by atoms with van der Waals surface area (Å²) in [4.78, 5) is 0. The molecule has 3 nitrogen and oxygen atoms in total. The SMILES string of the molecule is CCCCc1nn(C)c(N)c1-c1cccc(Cl)c1. The number of aryl methyl sites for hydroxylation is 2. The highest BCUT2D eigenvalue weighted by molar-refractivity contribution is 6.30. The van der Waals surface area contributed by atoms with Gasteiger partial charge in [0.2, 0.25) is 0 Å². The lowest BCUT2D eigenvalue weighted by atomic mass is 10.0. The number of rotatable bonds is 4. The summed E-state index contributed by atoms with van der Waals surface area (Å²) in [6, 6.07) is 7.76. The molecule has 0 fully saturated rings. The Labute approximate surface area is 113 Å². The van der Waals surface area contributed by atoms with Crippen molar-refractivity contribution < 1.29 is 0 Å². The second-order valence-electron chi connectivity index (χ2n) is 4.44. The van der Waals surface area contributed by atoms with Gasteiger partial charge >= 0.3 is 0 Å². The van der Waals surface area contributed by atoms with E-state index in [4.69, 9.17) is 17.3 Å². The summed E-state index contributed by atoms with van der Waals surface area (Å²) in [6.45, 7) is 2.17. The number of hydrogen-bond donors (Lipinski definition) is 1. The van der Waals surface area contributed by atoms with E-state index in [1.165, 1.54) is 0 Å². The van der Waals surface area contributed by atoms with E-state index < -0.39 is 0 Å². The van der Waals surface area contributed by atoms with E-state index >= 15 is 0 Å². The van der Waals surface area contributed by atoms with Crippen molar-refractivity contribution in [1.29, 1.82) is 0 Å². The third-order valence-electron chi connectivity index (χ3n) is 3.04. The quantitative estimate of drug-likeness (QED) is 0.915. The van der Waals surface area contributed by atoms with Crippen molar-refractivity contribution in [3.05, 3.63) is 35.0 Å². The molecule has 0 saturated heterocycles. The summed E-state index contributed by atoms with van der Waals surface area (Å²) in [7, 11) is 1.87. The van der Waals surface area contributed by atoms with Crippen LogP contribution in [0.4, 0.5) is 5.82 Å². The van der Waals surface area contributed by atoms with Crippen LogP contribution in [-0.4, -0.2) is 9.78 Å². The first-order chi connectivity index (χ1) is 8.63. The Balaban J connectivity index is 2.48. The molecule has 0 aliphatic rings. The van der Waals surface area contributed by atoms with E-state index in [0.717, 1.165) is 41.1 Å². The van der Waals surface area contributed by atoms with Crippen LogP contribution in [0, 0.1) is 0 Å². The van der Waals surface area contributed by atoms with E-state index in [9.17, 15) is 0 Å². The van der Waals surface area contributed by atoms with Crippen LogP contribution in [0.1, 0.15) is 25.5 Å². The van der Waals surface area contributed by atoms with Crippen molar-refractivity contribution in [2.75, 3.05) is 5.73 Å². The number of unbranched alkanes of at least 4 members (excludes halogenated alkanes) is 1. The number of nitrogen functional groups attached to an aromatic ring is 1. The van der Waals surface area contributed by atoms with Crippen LogP contribution < -0.4 is 5.73 Å². The molecule has 1 aromatic carbocycles. The summed E-state index contributed by atoms with van der Waals surface area (Å²) < 4.78 is 1.74. The Morgan fingerprint density at radius 1 is 1.39 bits per heavy atom.